The van der Waals surface area contributed by atoms with Crippen LogP contribution in [0.5, 0.6) is 0 Å². The molecule has 0 radical (unpaired) electrons. The second kappa shape index (κ2) is 3.22. The molecule has 0 aromatic rings. The summed E-state index contributed by atoms with van der Waals surface area (Å²) < 4.78 is 0. The van der Waals surface area contributed by atoms with Gasteiger partial charge in [-0.25, -0.2) is 0 Å². The van der Waals surface area contributed by atoms with Gasteiger partial charge in [-0.1, -0.05) is 5.57 Å². The summed E-state index contributed by atoms with van der Waals surface area (Å²) in [6.45, 7) is 5.48. The van der Waals surface area contributed by atoms with Gasteiger partial charge in [-0.3, -0.25) is 4.79 Å². The maximum atomic E-state index is 12.5. The van der Waals surface area contributed by atoms with Crippen molar-refractivity contribution in [3.8, 4) is 0 Å². The lowest BCUT2D eigenvalue weighted by molar-refractivity contribution is -0.137. The lowest BCUT2D eigenvalue weighted by Crippen LogP contribution is -2.49. The summed E-state index contributed by atoms with van der Waals surface area (Å²) in [7, 11) is 0. The number of hydrogen-bond donors (Lipinski definition) is 2. The molecule has 2 N–H and O–H groups in total. The molecule has 0 heterocycles. The Morgan fingerprint density at radius 2 is 1.94 bits per heavy atom. The SMILES string of the molecule is CC1=C(CO)C2=C(C)C3(CC3)C(C)(O)C(=O)C2=C1. The molecule has 96 valence electrons. The van der Waals surface area contributed by atoms with Crippen LogP contribution in [0.15, 0.2) is 33.9 Å². The van der Waals surface area contributed by atoms with E-state index >= 15 is 0 Å². The van der Waals surface area contributed by atoms with Crippen molar-refractivity contribution in [2.45, 2.75) is 39.2 Å². The summed E-state index contributed by atoms with van der Waals surface area (Å²) in [5.74, 6) is -0.191. The normalized spacial score (nSPS) is 33.2. The van der Waals surface area contributed by atoms with Crippen LogP contribution >= 0.6 is 0 Å². The third-order valence-electron chi connectivity index (χ3n) is 5.03. The second-order valence-electron chi connectivity index (χ2n) is 5.86. The highest BCUT2D eigenvalue weighted by Gasteiger charge is 2.64. The minimum absolute atomic E-state index is 0.0516. The maximum absolute atomic E-state index is 12.5. The Bertz CT molecular complexity index is 554. The molecular formula is C15H18O3. The number of carbonyl (C=O) groups excluding carboxylic acids is 1. The monoisotopic (exact) mass is 246 g/mol. The molecule has 0 amide bonds. The number of aliphatic hydroxyl groups is 2. The fourth-order valence-electron chi connectivity index (χ4n) is 3.62. The maximum Gasteiger partial charge on any atom is 0.195 e. The zero-order valence-corrected chi connectivity index (χ0v) is 11.0. The first-order chi connectivity index (χ1) is 8.37. The van der Waals surface area contributed by atoms with E-state index in [2.05, 4.69) is 0 Å². The Balaban J connectivity index is 2.28. The summed E-state index contributed by atoms with van der Waals surface area (Å²) in [6, 6.07) is 0. The van der Waals surface area contributed by atoms with Gasteiger partial charge in [-0.15, -0.1) is 0 Å². The number of carbonyl (C=O) groups is 1. The van der Waals surface area contributed by atoms with Gasteiger partial charge >= 0.3 is 0 Å². The van der Waals surface area contributed by atoms with E-state index in [4.69, 9.17) is 0 Å². The van der Waals surface area contributed by atoms with E-state index in [1.54, 1.807) is 13.0 Å². The van der Waals surface area contributed by atoms with E-state index in [1.807, 2.05) is 13.8 Å². The summed E-state index contributed by atoms with van der Waals surface area (Å²) >= 11 is 0. The lowest BCUT2D eigenvalue weighted by Gasteiger charge is -2.39. The number of fused-ring (bicyclic) bond motifs is 1. The first kappa shape index (κ1) is 11.9. The van der Waals surface area contributed by atoms with Gasteiger partial charge in [-0.2, -0.15) is 0 Å². The average Bonchev–Trinajstić information content (AvgIpc) is 3.06. The Labute approximate surface area is 107 Å². The fraction of sp³-hybridized carbons (Fsp3) is 0.533. The average molecular weight is 246 g/mol. The van der Waals surface area contributed by atoms with Crippen molar-refractivity contribution in [2.24, 2.45) is 5.41 Å². The molecule has 1 unspecified atom stereocenters. The molecule has 0 saturated heterocycles. The van der Waals surface area contributed by atoms with Crippen molar-refractivity contribution in [2.75, 3.05) is 6.61 Å². The smallest absolute Gasteiger partial charge is 0.195 e. The fourth-order valence-corrected chi connectivity index (χ4v) is 3.62. The van der Waals surface area contributed by atoms with Gasteiger partial charge in [-0.05, 0) is 56.4 Å². The van der Waals surface area contributed by atoms with Crippen LogP contribution in [0.3, 0.4) is 0 Å². The molecule has 1 spiro atoms. The van der Waals surface area contributed by atoms with Crippen molar-refractivity contribution < 1.29 is 15.0 Å². The highest BCUT2D eigenvalue weighted by Crippen LogP contribution is 2.64. The lowest BCUT2D eigenvalue weighted by atomic mass is 9.67. The summed E-state index contributed by atoms with van der Waals surface area (Å²) in [4.78, 5) is 12.5. The van der Waals surface area contributed by atoms with E-state index < -0.39 is 5.60 Å². The third-order valence-corrected chi connectivity index (χ3v) is 5.03. The van der Waals surface area contributed by atoms with Crippen LogP contribution < -0.4 is 0 Å². The van der Waals surface area contributed by atoms with Gasteiger partial charge in [0.25, 0.3) is 0 Å². The van der Waals surface area contributed by atoms with Crippen LogP contribution in [-0.4, -0.2) is 28.2 Å². The minimum Gasteiger partial charge on any atom is -0.392 e. The Hall–Kier alpha value is -1.19. The van der Waals surface area contributed by atoms with E-state index in [0.29, 0.717) is 5.57 Å². The number of Topliss-reactive ketones (excluding diaryl/α,β-unsaturated/α-hetero) is 1. The van der Waals surface area contributed by atoms with Gasteiger partial charge in [0.1, 0.15) is 5.60 Å². The number of ketones is 1. The molecule has 0 aromatic carbocycles. The molecule has 18 heavy (non-hydrogen) atoms. The van der Waals surface area contributed by atoms with Gasteiger partial charge in [0.05, 0.1) is 6.61 Å². The van der Waals surface area contributed by atoms with Crippen LogP contribution in [-0.2, 0) is 4.79 Å². The predicted octanol–water partition coefficient (Wildman–Crippen LogP) is 1.67. The van der Waals surface area contributed by atoms with E-state index in [1.165, 1.54) is 0 Å². The number of rotatable bonds is 1. The summed E-state index contributed by atoms with van der Waals surface area (Å²) in [5, 5.41) is 20.1. The molecule has 3 aliphatic carbocycles. The first-order valence-corrected chi connectivity index (χ1v) is 6.38. The van der Waals surface area contributed by atoms with E-state index in [0.717, 1.165) is 35.1 Å². The highest BCUT2D eigenvalue weighted by molar-refractivity contribution is 6.10. The Morgan fingerprint density at radius 1 is 1.33 bits per heavy atom. The molecule has 3 nitrogen and oxygen atoms in total. The predicted molar refractivity (Wildman–Crippen MR) is 67.9 cm³/mol. The molecule has 0 bridgehead atoms. The zero-order valence-electron chi connectivity index (χ0n) is 11.0. The van der Waals surface area contributed by atoms with Crippen molar-refractivity contribution in [3.05, 3.63) is 33.9 Å². The van der Waals surface area contributed by atoms with Gasteiger partial charge < -0.3 is 10.2 Å². The highest BCUT2D eigenvalue weighted by atomic mass is 16.3. The molecule has 1 fully saturated rings. The molecule has 1 saturated carbocycles. The summed E-state index contributed by atoms with van der Waals surface area (Å²) in [5.41, 5.74) is 2.64. The van der Waals surface area contributed by atoms with Crippen molar-refractivity contribution >= 4 is 5.78 Å². The Kier molecular flexibility index (Phi) is 2.13. The topological polar surface area (TPSA) is 57.5 Å². The van der Waals surface area contributed by atoms with Gasteiger partial charge in [0.2, 0.25) is 0 Å². The standard InChI is InChI=1S/C15H18O3/c1-8-6-10-12(11(8)7-16)9(2)15(4-5-15)14(3,18)13(10)17/h6,16,18H,4-5,7H2,1-3H3. The van der Waals surface area contributed by atoms with Crippen LogP contribution in [0.4, 0.5) is 0 Å². The molecule has 3 heteroatoms. The zero-order chi connectivity index (χ0) is 13.3. The van der Waals surface area contributed by atoms with Crippen molar-refractivity contribution in [3.63, 3.8) is 0 Å². The first-order valence-electron chi connectivity index (χ1n) is 6.38. The third kappa shape index (κ3) is 1.09. The van der Waals surface area contributed by atoms with Gasteiger partial charge in [0, 0.05) is 11.0 Å². The van der Waals surface area contributed by atoms with Crippen molar-refractivity contribution in [1.29, 1.82) is 0 Å². The van der Waals surface area contributed by atoms with Crippen LogP contribution in [0, 0.1) is 5.41 Å². The largest absolute Gasteiger partial charge is 0.392 e. The number of aliphatic hydroxyl groups excluding tert-OH is 1. The van der Waals surface area contributed by atoms with E-state index in [-0.39, 0.29) is 17.8 Å². The van der Waals surface area contributed by atoms with Crippen LogP contribution in [0.2, 0.25) is 0 Å². The van der Waals surface area contributed by atoms with Crippen molar-refractivity contribution in [1.82, 2.24) is 0 Å². The molecule has 3 rings (SSSR count). The number of allylic oxidation sites excluding steroid dienone is 2. The van der Waals surface area contributed by atoms with Crippen LogP contribution in [0.1, 0.15) is 33.6 Å². The number of hydrogen-bond acceptors (Lipinski definition) is 3. The van der Waals surface area contributed by atoms with Gasteiger partial charge in [0.15, 0.2) is 5.78 Å². The second-order valence-corrected chi connectivity index (χ2v) is 5.86. The molecule has 0 aromatic heterocycles. The summed E-state index contributed by atoms with van der Waals surface area (Å²) in [6.07, 6.45) is 3.51. The van der Waals surface area contributed by atoms with Crippen LogP contribution in [0.25, 0.3) is 0 Å². The van der Waals surface area contributed by atoms with E-state index in [9.17, 15) is 15.0 Å². The minimum atomic E-state index is -1.29. The molecule has 0 aliphatic heterocycles. The quantitative estimate of drug-likeness (QED) is 0.740. The molecule has 1 atom stereocenters. The Morgan fingerprint density at radius 3 is 2.44 bits per heavy atom. The molecular weight excluding hydrogens is 228 g/mol. The molecule has 3 aliphatic rings.